The van der Waals surface area contributed by atoms with Gasteiger partial charge in [-0.25, -0.2) is 4.79 Å². The van der Waals surface area contributed by atoms with E-state index in [0.29, 0.717) is 26.3 Å². The van der Waals surface area contributed by atoms with Crippen molar-refractivity contribution in [1.82, 2.24) is 4.90 Å². The third kappa shape index (κ3) is 4.63. The van der Waals surface area contributed by atoms with Gasteiger partial charge in [-0.15, -0.1) is 0 Å². The monoisotopic (exact) mass is 292 g/mol. The molecule has 1 atom stereocenters. The van der Waals surface area contributed by atoms with E-state index in [-0.39, 0.29) is 12.2 Å². The number of unbranched alkanes of at least 4 members (excludes halogenated alkanes) is 1. The van der Waals surface area contributed by atoms with Crippen LogP contribution in [-0.4, -0.2) is 37.3 Å². The van der Waals surface area contributed by atoms with Crippen LogP contribution in [0.5, 0.6) is 0 Å². The number of amides is 1. The Morgan fingerprint density at radius 3 is 2.90 bits per heavy atom. The zero-order valence-corrected chi connectivity index (χ0v) is 12.6. The van der Waals surface area contributed by atoms with E-state index in [1.54, 1.807) is 4.90 Å². The number of anilines is 1. The van der Waals surface area contributed by atoms with Crippen LogP contribution in [0.4, 0.5) is 10.5 Å². The normalized spacial score (nSPS) is 19.1. The zero-order valence-electron chi connectivity index (χ0n) is 12.6. The fraction of sp³-hybridized carbons (Fsp3) is 0.562. The predicted molar refractivity (Wildman–Crippen MR) is 82.0 cm³/mol. The molecule has 1 saturated heterocycles. The second-order valence-electron chi connectivity index (χ2n) is 5.29. The zero-order chi connectivity index (χ0) is 15.1. The summed E-state index contributed by atoms with van der Waals surface area (Å²) in [5.74, 6) is 0. The maximum absolute atomic E-state index is 12.1. The Bertz CT molecular complexity index is 447. The summed E-state index contributed by atoms with van der Waals surface area (Å²) in [6, 6.07) is 7.61. The first-order valence-electron chi connectivity index (χ1n) is 7.59. The minimum Gasteiger partial charge on any atom is -0.449 e. The van der Waals surface area contributed by atoms with Crippen LogP contribution in [-0.2, 0) is 9.47 Å². The molecule has 116 valence electrons. The molecule has 2 rings (SSSR count). The lowest BCUT2D eigenvalue weighted by atomic mass is 10.1. The maximum atomic E-state index is 12.1. The van der Waals surface area contributed by atoms with E-state index in [1.165, 1.54) is 0 Å². The Morgan fingerprint density at radius 1 is 1.43 bits per heavy atom. The summed E-state index contributed by atoms with van der Waals surface area (Å²) in [6.07, 6.45) is 2.39. The molecule has 1 amide bonds. The van der Waals surface area contributed by atoms with Crippen LogP contribution in [0.1, 0.15) is 37.9 Å². The molecule has 0 bridgehead atoms. The molecule has 1 fully saturated rings. The van der Waals surface area contributed by atoms with Gasteiger partial charge >= 0.3 is 6.09 Å². The minimum absolute atomic E-state index is 0.119. The summed E-state index contributed by atoms with van der Waals surface area (Å²) in [5.41, 5.74) is 7.47. The van der Waals surface area contributed by atoms with E-state index in [4.69, 9.17) is 15.2 Å². The van der Waals surface area contributed by atoms with Crippen molar-refractivity contribution in [2.75, 3.05) is 32.0 Å². The van der Waals surface area contributed by atoms with Crippen molar-refractivity contribution in [1.29, 1.82) is 0 Å². The SMILES string of the molecule is CCCCOC(=O)N1CCCOC(c2ccc(N)cc2)C1. The molecular weight excluding hydrogens is 268 g/mol. The molecule has 2 N–H and O–H groups in total. The van der Waals surface area contributed by atoms with E-state index in [0.717, 1.165) is 30.5 Å². The molecule has 0 aliphatic carbocycles. The molecule has 21 heavy (non-hydrogen) atoms. The van der Waals surface area contributed by atoms with E-state index in [9.17, 15) is 4.79 Å². The number of rotatable bonds is 4. The molecule has 0 saturated carbocycles. The fourth-order valence-electron chi connectivity index (χ4n) is 2.30. The highest BCUT2D eigenvalue weighted by Crippen LogP contribution is 2.23. The van der Waals surface area contributed by atoms with Crippen molar-refractivity contribution in [3.63, 3.8) is 0 Å². The highest BCUT2D eigenvalue weighted by atomic mass is 16.6. The van der Waals surface area contributed by atoms with Gasteiger partial charge in [0, 0.05) is 18.8 Å². The third-order valence-corrected chi connectivity index (χ3v) is 3.57. The number of carbonyl (C=O) groups excluding carboxylic acids is 1. The van der Waals surface area contributed by atoms with Crippen molar-refractivity contribution in [3.8, 4) is 0 Å². The van der Waals surface area contributed by atoms with E-state index >= 15 is 0 Å². The number of carbonyl (C=O) groups is 1. The lowest BCUT2D eigenvalue weighted by Gasteiger charge is -2.23. The van der Waals surface area contributed by atoms with Crippen molar-refractivity contribution in [2.24, 2.45) is 0 Å². The standard InChI is InChI=1S/C16H24N2O3/c1-2-3-10-21-16(19)18-9-4-11-20-15(12-18)13-5-7-14(17)8-6-13/h5-8,15H,2-4,9-12,17H2,1H3. The summed E-state index contributed by atoms with van der Waals surface area (Å²) in [7, 11) is 0. The van der Waals surface area contributed by atoms with Gasteiger partial charge in [-0.3, -0.25) is 0 Å². The highest BCUT2D eigenvalue weighted by molar-refractivity contribution is 5.67. The summed E-state index contributed by atoms with van der Waals surface area (Å²) in [5, 5.41) is 0. The van der Waals surface area contributed by atoms with Crippen LogP contribution >= 0.6 is 0 Å². The number of nitrogens with two attached hydrogens (primary N) is 1. The second kappa shape index (κ2) is 7.88. The average Bonchev–Trinajstić information content (AvgIpc) is 2.74. The van der Waals surface area contributed by atoms with Crippen LogP contribution in [0.25, 0.3) is 0 Å². The lowest BCUT2D eigenvalue weighted by Crippen LogP contribution is -2.35. The largest absolute Gasteiger partial charge is 0.449 e. The van der Waals surface area contributed by atoms with Gasteiger partial charge in [0.2, 0.25) is 0 Å². The molecule has 5 nitrogen and oxygen atoms in total. The Kier molecular flexibility index (Phi) is 5.87. The van der Waals surface area contributed by atoms with Crippen LogP contribution in [0, 0.1) is 0 Å². The fourth-order valence-corrected chi connectivity index (χ4v) is 2.30. The maximum Gasteiger partial charge on any atom is 0.409 e. The third-order valence-electron chi connectivity index (χ3n) is 3.57. The second-order valence-corrected chi connectivity index (χ2v) is 5.29. The molecule has 1 aromatic rings. The Balaban J connectivity index is 1.97. The molecule has 0 aromatic heterocycles. The summed E-state index contributed by atoms with van der Waals surface area (Å²) in [6.45, 7) is 4.41. The first kappa shape index (κ1) is 15.6. The van der Waals surface area contributed by atoms with Crippen molar-refractivity contribution in [3.05, 3.63) is 29.8 Å². The first-order chi connectivity index (χ1) is 10.2. The van der Waals surface area contributed by atoms with Crippen molar-refractivity contribution in [2.45, 2.75) is 32.3 Å². The minimum atomic E-state index is -0.241. The highest BCUT2D eigenvalue weighted by Gasteiger charge is 2.24. The van der Waals surface area contributed by atoms with Gasteiger partial charge in [0.15, 0.2) is 0 Å². The van der Waals surface area contributed by atoms with E-state index < -0.39 is 0 Å². The van der Waals surface area contributed by atoms with E-state index in [2.05, 4.69) is 6.92 Å². The van der Waals surface area contributed by atoms with Crippen LogP contribution < -0.4 is 5.73 Å². The van der Waals surface area contributed by atoms with Crippen molar-refractivity contribution >= 4 is 11.8 Å². The number of hydrogen-bond acceptors (Lipinski definition) is 4. The van der Waals surface area contributed by atoms with Gasteiger partial charge < -0.3 is 20.1 Å². The molecule has 1 heterocycles. The molecule has 0 radical (unpaired) electrons. The number of nitrogens with zero attached hydrogens (tertiary/aromatic N) is 1. The van der Waals surface area contributed by atoms with Crippen molar-refractivity contribution < 1.29 is 14.3 Å². The van der Waals surface area contributed by atoms with Crippen LogP contribution in [0.3, 0.4) is 0 Å². The number of hydrogen-bond donors (Lipinski definition) is 1. The van der Waals surface area contributed by atoms with E-state index in [1.807, 2.05) is 24.3 Å². The van der Waals surface area contributed by atoms with Gasteiger partial charge in [-0.05, 0) is 30.5 Å². The van der Waals surface area contributed by atoms with Crippen LogP contribution in [0.2, 0.25) is 0 Å². The average molecular weight is 292 g/mol. The molecule has 5 heteroatoms. The number of ether oxygens (including phenoxy) is 2. The Labute approximate surface area is 126 Å². The summed E-state index contributed by atoms with van der Waals surface area (Å²) in [4.78, 5) is 13.8. The van der Waals surface area contributed by atoms with Gasteiger partial charge in [0.25, 0.3) is 0 Å². The summed E-state index contributed by atoms with van der Waals surface area (Å²) >= 11 is 0. The quantitative estimate of drug-likeness (QED) is 0.684. The van der Waals surface area contributed by atoms with Gasteiger partial charge in [-0.2, -0.15) is 0 Å². The van der Waals surface area contributed by atoms with Gasteiger partial charge in [0.1, 0.15) is 6.10 Å². The first-order valence-corrected chi connectivity index (χ1v) is 7.59. The molecule has 0 spiro atoms. The molecule has 1 aromatic carbocycles. The molecule has 1 unspecified atom stereocenters. The Hall–Kier alpha value is -1.75. The smallest absolute Gasteiger partial charge is 0.409 e. The van der Waals surface area contributed by atoms with Crippen LogP contribution in [0.15, 0.2) is 24.3 Å². The molecule has 1 aliphatic heterocycles. The molecular formula is C16H24N2O3. The topological polar surface area (TPSA) is 64.8 Å². The summed E-state index contributed by atoms with van der Waals surface area (Å²) < 4.78 is 11.1. The predicted octanol–water partition coefficient (Wildman–Crippen LogP) is 2.97. The lowest BCUT2D eigenvalue weighted by molar-refractivity contribution is 0.0478. The molecule has 1 aliphatic rings. The Morgan fingerprint density at radius 2 is 2.19 bits per heavy atom. The number of nitrogen functional groups attached to an aromatic ring is 1. The number of benzene rings is 1. The van der Waals surface area contributed by atoms with Gasteiger partial charge in [-0.1, -0.05) is 25.5 Å². The van der Waals surface area contributed by atoms with Gasteiger partial charge in [0.05, 0.1) is 13.2 Å².